The summed E-state index contributed by atoms with van der Waals surface area (Å²) in [5.74, 6) is 2.55. The van der Waals surface area contributed by atoms with Crippen LogP contribution in [0.25, 0.3) is 0 Å². The fourth-order valence-corrected chi connectivity index (χ4v) is 3.78. The highest BCUT2D eigenvalue weighted by Crippen LogP contribution is 2.27. The lowest BCUT2D eigenvalue weighted by atomic mass is 9.96. The molecule has 0 saturated carbocycles. The molecule has 3 rings (SSSR count). The first-order valence-electron chi connectivity index (χ1n) is 11.6. The molecular formula is C27H35N3O2. The number of rotatable bonds is 13. The van der Waals surface area contributed by atoms with Gasteiger partial charge in [-0.2, -0.15) is 0 Å². The third-order valence-corrected chi connectivity index (χ3v) is 5.63. The lowest BCUT2D eigenvalue weighted by Gasteiger charge is -2.15. The number of benzene rings is 2. The zero-order valence-corrected chi connectivity index (χ0v) is 19.5. The second-order valence-corrected chi connectivity index (χ2v) is 8.22. The molecule has 1 atom stereocenters. The number of anilines is 2. The number of nitrogens with zero attached hydrogens (tertiary/aromatic N) is 2. The van der Waals surface area contributed by atoms with Gasteiger partial charge in [0.25, 0.3) is 0 Å². The molecule has 170 valence electrons. The fraction of sp³-hybridized carbons (Fsp3) is 0.407. The van der Waals surface area contributed by atoms with Crippen molar-refractivity contribution in [3.8, 4) is 11.5 Å². The highest BCUT2D eigenvalue weighted by atomic mass is 16.5. The monoisotopic (exact) mass is 433 g/mol. The Hall–Kier alpha value is -3.08. The molecule has 2 aromatic carbocycles. The summed E-state index contributed by atoms with van der Waals surface area (Å²) >= 11 is 0. The number of aromatic nitrogens is 2. The van der Waals surface area contributed by atoms with Crippen LogP contribution in [0, 0.1) is 12.8 Å². The average molecular weight is 434 g/mol. The smallest absolute Gasteiger partial charge is 0.121 e. The van der Waals surface area contributed by atoms with Crippen molar-refractivity contribution >= 4 is 11.4 Å². The van der Waals surface area contributed by atoms with E-state index in [2.05, 4.69) is 48.2 Å². The van der Waals surface area contributed by atoms with E-state index in [-0.39, 0.29) is 0 Å². The van der Waals surface area contributed by atoms with Crippen LogP contribution in [-0.4, -0.2) is 16.6 Å². The third kappa shape index (κ3) is 7.56. The molecule has 3 aromatic rings. The second kappa shape index (κ2) is 12.7. The Bertz CT molecular complexity index is 947. The number of aryl methyl sites for hydroxylation is 1. The molecule has 5 heteroatoms. The largest absolute Gasteiger partial charge is 0.494 e. The molecular weight excluding hydrogens is 398 g/mol. The van der Waals surface area contributed by atoms with Crippen molar-refractivity contribution in [2.24, 2.45) is 5.92 Å². The minimum atomic E-state index is 0.448. The lowest BCUT2D eigenvalue weighted by molar-refractivity contribution is 0.286. The van der Waals surface area contributed by atoms with Crippen LogP contribution in [0.1, 0.15) is 57.1 Å². The lowest BCUT2D eigenvalue weighted by Crippen LogP contribution is -2.04. The molecule has 1 N–H and O–H groups in total. The molecule has 0 amide bonds. The van der Waals surface area contributed by atoms with Crippen molar-refractivity contribution in [2.45, 2.75) is 59.5 Å². The summed E-state index contributed by atoms with van der Waals surface area (Å²) in [4.78, 5) is 8.03. The summed E-state index contributed by atoms with van der Waals surface area (Å²) < 4.78 is 11.9. The first-order valence-corrected chi connectivity index (χ1v) is 11.6. The van der Waals surface area contributed by atoms with E-state index < -0.39 is 0 Å². The van der Waals surface area contributed by atoms with Crippen LogP contribution in [0.15, 0.2) is 61.2 Å². The SMILES string of the molecule is CCCC(CC)CCCOc1cccc(Nc2ccc(OCc3cncnc3)cc2C)c1. The predicted molar refractivity (Wildman–Crippen MR) is 131 cm³/mol. The van der Waals surface area contributed by atoms with Crippen LogP contribution in [0.4, 0.5) is 11.4 Å². The van der Waals surface area contributed by atoms with Crippen molar-refractivity contribution in [2.75, 3.05) is 11.9 Å². The number of hydrogen-bond donors (Lipinski definition) is 1. The van der Waals surface area contributed by atoms with E-state index in [1.807, 2.05) is 30.3 Å². The number of nitrogens with one attached hydrogen (secondary N) is 1. The van der Waals surface area contributed by atoms with Crippen LogP contribution in [0.2, 0.25) is 0 Å². The molecule has 0 aliphatic heterocycles. The van der Waals surface area contributed by atoms with Gasteiger partial charge >= 0.3 is 0 Å². The molecule has 0 fully saturated rings. The molecule has 0 spiro atoms. The van der Waals surface area contributed by atoms with Gasteiger partial charge in [0, 0.05) is 35.4 Å². The summed E-state index contributed by atoms with van der Waals surface area (Å²) in [6, 6.07) is 14.2. The topological polar surface area (TPSA) is 56.3 Å². The van der Waals surface area contributed by atoms with Crippen LogP contribution < -0.4 is 14.8 Å². The van der Waals surface area contributed by atoms with Gasteiger partial charge in [-0.25, -0.2) is 9.97 Å². The van der Waals surface area contributed by atoms with Crippen molar-refractivity contribution < 1.29 is 9.47 Å². The molecule has 0 radical (unpaired) electrons. The maximum Gasteiger partial charge on any atom is 0.121 e. The normalized spacial score (nSPS) is 11.7. The molecule has 0 aliphatic rings. The number of hydrogen-bond acceptors (Lipinski definition) is 5. The Labute approximate surface area is 192 Å². The Morgan fingerprint density at radius 3 is 2.50 bits per heavy atom. The molecule has 1 heterocycles. The van der Waals surface area contributed by atoms with Crippen molar-refractivity contribution in [1.29, 1.82) is 0 Å². The van der Waals surface area contributed by atoms with Gasteiger partial charge in [0.15, 0.2) is 0 Å². The molecule has 5 nitrogen and oxygen atoms in total. The second-order valence-electron chi connectivity index (χ2n) is 8.22. The highest BCUT2D eigenvalue weighted by molar-refractivity contribution is 5.65. The average Bonchev–Trinajstić information content (AvgIpc) is 2.82. The maximum absolute atomic E-state index is 6.01. The van der Waals surface area contributed by atoms with E-state index in [0.29, 0.717) is 6.61 Å². The van der Waals surface area contributed by atoms with Crippen molar-refractivity contribution in [1.82, 2.24) is 9.97 Å². The molecule has 32 heavy (non-hydrogen) atoms. The quantitative estimate of drug-likeness (QED) is 0.292. The van der Waals surface area contributed by atoms with Crippen LogP contribution in [0.5, 0.6) is 11.5 Å². The summed E-state index contributed by atoms with van der Waals surface area (Å²) in [7, 11) is 0. The Balaban J connectivity index is 1.51. The van der Waals surface area contributed by atoms with E-state index in [1.54, 1.807) is 12.4 Å². The first kappa shape index (κ1) is 23.6. The van der Waals surface area contributed by atoms with Crippen molar-refractivity contribution in [3.05, 3.63) is 72.3 Å². The van der Waals surface area contributed by atoms with E-state index in [0.717, 1.165) is 52.9 Å². The predicted octanol–water partition coefficient (Wildman–Crippen LogP) is 7.09. The molecule has 1 aromatic heterocycles. The van der Waals surface area contributed by atoms with E-state index in [1.165, 1.54) is 32.0 Å². The zero-order valence-electron chi connectivity index (χ0n) is 19.5. The summed E-state index contributed by atoms with van der Waals surface area (Å²) in [5.41, 5.74) is 4.11. The van der Waals surface area contributed by atoms with Crippen LogP contribution in [0.3, 0.4) is 0 Å². The van der Waals surface area contributed by atoms with Gasteiger partial charge in [-0.1, -0.05) is 39.2 Å². The third-order valence-electron chi connectivity index (χ3n) is 5.63. The zero-order chi connectivity index (χ0) is 22.6. The van der Waals surface area contributed by atoms with Gasteiger partial charge in [0.1, 0.15) is 24.4 Å². The van der Waals surface area contributed by atoms with Gasteiger partial charge in [-0.15, -0.1) is 0 Å². The molecule has 0 saturated heterocycles. The minimum absolute atomic E-state index is 0.448. The summed E-state index contributed by atoms with van der Waals surface area (Å²) in [6.07, 6.45) is 11.2. The Kier molecular flexibility index (Phi) is 9.36. The van der Waals surface area contributed by atoms with Crippen molar-refractivity contribution in [3.63, 3.8) is 0 Å². The Morgan fingerprint density at radius 2 is 1.75 bits per heavy atom. The van der Waals surface area contributed by atoms with E-state index in [9.17, 15) is 0 Å². The van der Waals surface area contributed by atoms with E-state index >= 15 is 0 Å². The Morgan fingerprint density at radius 1 is 0.938 bits per heavy atom. The van der Waals surface area contributed by atoms with Gasteiger partial charge < -0.3 is 14.8 Å². The standard InChI is InChI=1S/C27H35N3O2/c1-4-8-22(5-2)9-7-14-31-25-11-6-10-24(16-25)30-27-13-12-26(15-21(27)3)32-19-23-17-28-20-29-18-23/h6,10-13,15-18,20,22,30H,4-5,7-9,14,19H2,1-3H3. The molecule has 0 aliphatic carbocycles. The van der Waals surface area contributed by atoms with Crippen LogP contribution in [-0.2, 0) is 6.61 Å². The van der Waals surface area contributed by atoms with Gasteiger partial charge in [0.2, 0.25) is 0 Å². The summed E-state index contributed by atoms with van der Waals surface area (Å²) in [5, 5.41) is 3.49. The van der Waals surface area contributed by atoms with Gasteiger partial charge in [-0.05, 0) is 61.6 Å². The van der Waals surface area contributed by atoms with Gasteiger partial charge in [0.05, 0.1) is 6.61 Å². The maximum atomic E-state index is 6.01. The minimum Gasteiger partial charge on any atom is -0.494 e. The van der Waals surface area contributed by atoms with Crippen LogP contribution >= 0.6 is 0 Å². The number of ether oxygens (including phenoxy) is 2. The fourth-order valence-electron chi connectivity index (χ4n) is 3.78. The first-order chi connectivity index (χ1) is 15.7. The van der Waals surface area contributed by atoms with E-state index in [4.69, 9.17) is 9.47 Å². The highest BCUT2D eigenvalue weighted by Gasteiger charge is 2.06. The summed E-state index contributed by atoms with van der Waals surface area (Å²) in [6.45, 7) is 7.84. The van der Waals surface area contributed by atoms with Gasteiger partial charge in [-0.3, -0.25) is 0 Å². The molecule has 0 bridgehead atoms. The molecule has 1 unspecified atom stereocenters.